The Labute approximate surface area is 188 Å². The molecule has 0 bridgehead atoms. The number of rotatable bonds is 6. The Morgan fingerprint density at radius 2 is 1.61 bits per heavy atom. The van der Waals surface area contributed by atoms with Crippen molar-refractivity contribution in [1.29, 1.82) is 0 Å². The summed E-state index contributed by atoms with van der Waals surface area (Å²) in [5.41, 5.74) is 4.37. The molecule has 0 saturated carbocycles. The van der Waals surface area contributed by atoms with Gasteiger partial charge in [-0.05, 0) is 56.3 Å². The van der Waals surface area contributed by atoms with Gasteiger partial charge < -0.3 is 18.9 Å². The molecule has 0 atom stereocenters. The van der Waals surface area contributed by atoms with Crippen LogP contribution in [0.25, 0.3) is 28.1 Å². The first-order valence-corrected chi connectivity index (χ1v) is 10.7. The molecular formula is C24H29ClN4O2. The summed E-state index contributed by atoms with van der Waals surface area (Å²) < 4.78 is 15.4. The summed E-state index contributed by atoms with van der Waals surface area (Å²) >= 11 is 0. The fourth-order valence-electron chi connectivity index (χ4n) is 4.52. The van der Waals surface area contributed by atoms with Gasteiger partial charge in [0.25, 0.3) is 0 Å². The number of fused-ring (bicyclic) bond motifs is 3. The molecule has 1 saturated heterocycles. The number of halogens is 1. The normalized spacial score (nSPS) is 14.6. The molecule has 31 heavy (non-hydrogen) atoms. The van der Waals surface area contributed by atoms with Crippen molar-refractivity contribution in [3.05, 3.63) is 48.7 Å². The number of imidazole rings is 2. The van der Waals surface area contributed by atoms with Gasteiger partial charge in [0.15, 0.2) is 11.5 Å². The SMILES string of the molecule is COc1ccc(-c2cn3c4ccccc4n(CCN4CCCCC4)c3n2)cc1OC.Cl. The second-order valence-corrected chi connectivity index (χ2v) is 7.91. The minimum absolute atomic E-state index is 0. The average molecular weight is 441 g/mol. The Bertz CT molecular complexity index is 1180. The van der Waals surface area contributed by atoms with Crippen molar-refractivity contribution in [1.82, 2.24) is 18.9 Å². The third kappa shape index (κ3) is 3.98. The van der Waals surface area contributed by atoms with Crippen LogP contribution in [0.3, 0.4) is 0 Å². The van der Waals surface area contributed by atoms with Gasteiger partial charge in [0.1, 0.15) is 0 Å². The van der Waals surface area contributed by atoms with E-state index in [0.717, 1.165) is 35.9 Å². The number of likely N-dealkylation sites (tertiary alicyclic amines) is 1. The first-order chi connectivity index (χ1) is 14.8. The van der Waals surface area contributed by atoms with Crippen LogP contribution in [0.2, 0.25) is 0 Å². The summed E-state index contributed by atoms with van der Waals surface area (Å²) in [6.07, 6.45) is 6.11. The Morgan fingerprint density at radius 1 is 0.871 bits per heavy atom. The number of hydrogen-bond acceptors (Lipinski definition) is 4. The zero-order valence-corrected chi connectivity index (χ0v) is 18.9. The third-order valence-electron chi connectivity index (χ3n) is 6.13. The molecule has 0 amide bonds. The van der Waals surface area contributed by atoms with Crippen molar-refractivity contribution in [2.75, 3.05) is 33.9 Å². The van der Waals surface area contributed by atoms with E-state index in [4.69, 9.17) is 14.5 Å². The Morgan fingerprint density at radius 3 is 2.35 bits per heavy atom. The highest BCUT2D eigenvalue weighted by Crippen LogP contribution is 2.33. The molecule has 2 aromatic heterocycles. The topological polar surface area (TPSA) is 43.9 Å². The summed E-state index contributed by atoms with van der Waals surface area (Å²) in [6.45, 7) is 4.42. The number of hydrogen-bond donors (Lipinski definition) is 0. The largest absolute Gasteiger partial charge is 0.493 e. The van der Waals surface area contributed by atoms with E-state index in [-0.39, 0.29) is 12.4 Å². The standard InChI is InChI=1S/C24H28N4O2.ClH/c1-29-22-11-10-18(16-23(22)30-2)19-17-28-21-9-5-4-8-20(21)27(24(28)25-19)15-14-26-12-6-3-7-13-26;/h4-5,8-11,16-17H,3,6-7,12-15H2,1-2H3;1H. The van der Waals surface area contributed by atoms with Crippen molar-refractivity contribution in [3.8, 4) is 22.8 Å². The van der Waals surface area contributed by atoms with Crippen LogP contribution < -0.4 is 9.47 Å². The maximum atomic E-state index is 5.48. The molecule has 0 unspecified atom stereocenters. The van der Waals surface area contributed by atoms with E-state index in [2.05, 4.69) is 44.3 Å². The number of benzene rings is 2. The summed E-state index contributed by atoms with van der Waals surface area (Å²) in [6, 6.07) is 14.5. The molecule has 7 heteroatoms. The minimum Gasteiger partial charge on any atom is -0.493 e. The molecule has 2 aromatic carbocycles. The maximum absolute atomic E-state index is 5.48. The van der Waals surface area contributed by atoms with Crippen LogP contribution in [-0.2, 0) is 6.54 Å². The third-order valence-corrected chi connectivity index (χ3v) is 6.13. The predicted octanol–water partition coefficient (Wildman–Crippen LogP) is 4.88. The van der Waals surface area contributed by atoms with Crippen molar-refractivity contribution in [2.45, 2.75) is 25.8 Å². The molecule has 6 nitrogen and oxygen atoms in total. The number of para-hydroxylation sites is 2. The molecule has 1 aliphatic rings. The molecule has 0 radical (unpaired) electrons. The second kappa shape index (κ2) is 9.20. The van der Waals surface area contributed by atoms with E-state index in [9.17, 15) is 0 Å². The van der Waals surface area contributed by atoms with Gasteiger partial charge in [0.2, 0.25) is 5.78 Å². The van der Waals surface area contributed by atoms with Gasteiger partial charge in [-0.2, -0.15) is 0 Å². The highest BCUT2D eigenvalue weighted by atomic mass is 35.5. The smallest absolute Gasteiger partial charge is 0.215 e. The molecule has 0 spiro atoms. The maximum Gasteiger partial charge on any atom is 0.215 e. The lowest BCUT2D eigenvalue weighted by Crippen LogP contribution is -2.32. The van der Waals surface area contributed by atoms with E-state index in [0.29, 0.717) is 5.75 Å². The van der Waals surface area contributed by atoms with E-state index in [1.807, 2.05) is 18.2 Å². The van der Waals surface area contributed by atoms with Crippen LogP contribution in [0.15, 0.2) is 48.7 Å². The monoisotopic (exact) mass is 440 g/mol. The highest BCUT2D eigenvalue weighted by molar-refractivity contribution is 5.85. The lowest BCUT2D eigenvalue weighted by atomic mass is 10.1. The van der Waals surface area contributed by atoms with Gasteiger partial charge in [-0.25, -0.2) is 4.98 Å². The number of ether oxygens (including phenoxy) is 2. The average Bonchev–Trinajstić information content (AvgIpc) is 3.36. The van der Waals surface area contributed by atoms with Crippen molar-refractivity contribution < 1.29 is 9.47 Å². The van der Waals surface area contributed by atoms with Crippen LogP contribution in [-0.4, -0.2) is 52.7 Å². The number of piperidine rings is 1. The summed E-state index contributed by atoms with van der Waals surface area (Å²) in [5.74, 6) is 2.42. The fraction of sp³-hybridized carbons (Fsp3) is 0.375. The predicted molar refractivity (Wildman–Crippen MR) is 127 cm³/mol. The van der Waals surface area contributed by atoms with Crippen molar-refractivity contribution in [2.24, 2.45) is 0 Å². The quantitative estimate of drug-likeness (QED) is 0.428. The first kappa shape index (κ1) is 21.5. The molecule has 0 aliphatic carbocycles. The van der Waals surface area contributed by atoms with E-state index >= 15 is 0 Å². The Kier molecular flexibility index (Phi) is 6.39. The van der Waals surface area contributed by atoms with E-state index in [1.54, 1.807) is 14.2 Å². The summed E-state index contributed by atoms with van der Waals surface area (Å²) in [5, 5.41) is 0. The van der Waals surface area contributed by atoms with Crippen LogP contribution in [0.1, 0.15) is 19.3 Å². The molecule has 1 aliphatic heterocycles. The molecule has 5 rings (SSSR count). The Hall–Kier alpha value is -2.70. The molecular weight excluding hydrogens is 412 g/mol. The van der Waals surface area contributed by atoms with Gasteiger partial charge in [-0.3, -0.25) is 4.40 Å². The van der Waals surface area contributed by atoms with Crippen LogP contribution in [0.5, 0.6) is 11.5 Å². The van der Waals surface area contributed by atoms with Gasteiger partial charge >= 0.3 is 0 Å². The number of aromatic nitrogens is 3. The second-order valence-electron chi connectivity index (χ2n) is 7.91. The number of methoxy groups -OCH3 is 2. The molecule has 0 N–H and O–H groups in total. The van der Waals surface area contributed by atoms with Crippen molar-refractivity contribution in [3.63, 3.8) is 0 Å². The van der Waals surface area contributed by atoms with Gasteiger partial charge in [0, 0.05) is 24.8 Å². The van der Waals surface area contributed by atoms with Crippen LogP contribution >= 0.6 is 12.4 Å². The zero-order valence-electron chi connectivity index (χ0n) is 18.1. The van der Waals surface area contributed by atoms with Crippen LogP contribution in [0.4, 0.5) is 0 Å². The molecule has 3 heterocycles. The van der Waals surface area contributed by atoms with Gasteiger partial charge in [0.05, 0.1) is 30.9 Å². The fourth-order valence-corrected chi connectivity index (χ4v) is 4.52. The summed E-state index contributed by atoms with van der Waals surface area (Å²) in [4.78, 5) is 7.60. The zero-order chi connectivity index (χ0) is 20.5. The molecule has 164 valence electrons. The van der Waals surface area contributed by atoms with Gasteiger partial charge in [-0.1, -0.05) is 18.6 Å². The van der Waals surface area contributed by atoms with E-state index in [1.165, 1.54) is 43.4 Å². The van der Waals surface area contributed by atoms with Crippen molar-refractivity contribution >= 4 is 29.2 Å². The van der Waals surface area contributed by atoms with Gasteiger partial charge in [-0.15, -0.1) is 12.4 Å². The van der Waals surface area contributed by atoms with E-state index < -0.39 is 0 Å². The lowest BCUT2D eigenvalue weighted by Gasteiger charge is -2.26. The minimum atomic E-state index is 0. The first-order valence-electron chi connectivity index (χ1n) is 10.7. The van der Waals surface area contributed by atoms with Crippen LogP contribution in [0, 0.1) is 0 Å². The lowest BCUT2D eigenvalue weighted by molar-refractivity contribution is 0.222. The highest BCUT2D eigenvalue weighted by Gasteiger charge is 2.17. The summed E-state index contributed by atoms with van der Waals surface area (Å²) in [7, 11) is 3.31. The number of nitrogens with zero attached hydrogens (tertiary/aromatic N) is 4. The molecule has 4 aromatic rings. The molecule has 1 fully saturated rings. The Balaban J connectivity index is 0.00000231.